The van der Waals surface area contributed by atoms with Gasteiger partial charge < -0.3 is 10.5 Å². The van der Waals surface area contributed by atoms with Crippen LogP contribution in [0.3, 0.4) is 0 Å². The molecule has 12 heavy (non-hydrogen) atoms. The molecule has 0 aliphatic carbocycles. The molecule has 0 saturated carbocycles. The Labute approximate surface area is 81.3 Å². The minimum Gasteiger partial charge on any atom is -0.382 e. The van der Waals surface area contributed by atoms with Gasteiger partial charge in [0.05, 0.1) is 16.5 Å². The van der Waals surface area contributed by atoms with Crippen molar-refractivity contribution < 1.29 is 4.74 Å². The van der Waals surface area contributed by atoms with Crippen LogP contribution >= 0.6 is 22.9 Å². The van der Waals surface area contributed by atoms with E-state index in [0.29, 0.717) is 6.61 Å². The number of hydrogen-bond donors (Lipinski definition) is 1. The predicted molar refractivity (Wildman–Crippen MR) is 52.7 cm³/mol. The highest BCUT2D eigenvalue weighted by molar-refractivity contribution is 7.14. The highest BCUT2D eigenvalue weighted by Gasteiger charge is 2.24. The fourth-order valence-corrected chi connectivity index (χ4v) is 2.27. The van der Waals surface area contributed by atoms with Gasteiger partial charge in [-0.25, -0.2) is 0 Å². The van der Waals surface area contributed by atoms with E-state index < -0.39 is 5.54 Å². The molecule has 1 aromatic rings. The van der Waals surface area contributed by atoms with E-state index in [0.717, 1.165) is 9.90 Å². The monoisotopic (exact) mass is 205 g/mol. The Morgan fingerprint density at radius 1 is 1.75 bits per heavy atom. The van der Waals surface area contributed by atoms with E-state index in [1.807, 2.05) is 18.4 Å². The van der Waals surface area contributed by atoms with Crippen molar-refractivity contribution in [3.05, 3.63) is 21.3 Å². The summed E-state index contributed by atoms with van der Waals surface area (Å²) in [6.07, 6.45) is 0. The van der Waals surface area contributed by atoms with Crippen LogP contribution < -0.4 is 5.73 Å². The first-order valence-electron chi connectivity index (χ1n) is 3.59. The number of rotatable bonds is 3. The molecule has 0 fully saturated rings. The van der Waals surface area contributed by atoms with Crippen LogP contribution in [0.1, 0.15) is 12.5 Å². The van der Waals surface area contributed by atoms with Crippen LogP contribution in [-0.4, -0.2) is 13.7 Å². The summed E-state index contributed by atoms with van der Waals surface area (Å²) in [5, 5.41) is 1.93. The molecular weight excluding hydrogens is 194 g/mol. The second kappa shape index (κ2) is 3.75. The first-order valence-corrected chi connectivity index (χ1v) is 4.85. The molecule has 0 saturated heterocycles. The minimum absolute atomic E-state index is 0.476. The first kappa shape index (κ1) is 9.99. The number of thiophene rings is 1. The van der Waals surface area contributed by atoms with Gasteiger partial charge >= 0.3 is 0 Å². The summed E-state index contributed by atoms with van der Waals surface area (Å²) in [7, 11) is 1.63. The number of nitrogens with two attached hydrogens (primary N) is 1. The Morgan fingerprint density at radius 2 is 2.42 bits per heavy atom. The van der Waals surface area contributed by atoms with Gasteiger partial charge in [-0.15, -0.1) is 11.3 Å². The quantitative estimate of drug-likeness (QED) is 0.822. The molecule has 1 unspecified atom stereocenters. The van der Waals surface area contributed by atoms with Gasteiger partial charge in [0, 0.05) is 12.7 Å². The number of ether oxygens (including phenoxy) is 1. The van der Waals surface area contributed by atoms with Gasteiger partial charge in [0.2, 0.25) is 0 Å². The Morgan fingerprint density at radius 3 is 2.83 bits per heavy atom. The van der Waals surface area contributed by atoms with E-state index in [4.69, 9.17) is 22.1 Å². The molecule has 0 radical (unpaired) electrons. The standard InChI is InChI=1S/C8H12ClNOS/c1-8(10,5-11-2)6-3-4-12-7(6)9/h3-4H,5,10H2,1-2H3. The number of halogens is 1. The van der Waals surface area contributed by atoms with Crippen molar-refractivity contribution in [3.63, 3.8) is 0 Å². The molecule has 1 aromatic heterocycles. The highest BCUT2D eigenvalue weighted by Crippen LogP contribution is 2.30. The zero-order chi connectivity index (χ0) is 9.19. The molecule has 2 nitrogen and oxygen atoms in total. The van der Waals surface area contributed by atoms with Gasteiger partial charge in [-0.1, -0.05) is 11.6 Å². The Hall–Kier alpha value is -0.0900. The fourth-order valence-electron chi connectivity index (χ4n) is 1.08. The molecule has 0 aliphatic rings. The summed E-state index contributed by atoms with van der Waals surface area (Å²) >= 11 is 7.43. The number of hydrogen-bond acceptors (Lipinski definition) is 3. The van der Waals surface area contributed by atoms with Crippen molar-refractivity contribution in [2.75, 3.05) is 13.7 Å². The van der Waals surface area contributed by atoms with Crippen molar-refractivity contribution in [1.82, 2.24) is 0 Å². The van der Waals surface area contributed by atoms with Gasteiger partial charge in [0.15, 0.2) is 0 Å². The molecule has 1 atom stereocenters. The van der Waals surface area contributed by atoms with Crippen LogP contribution in [0, 0.1) is 0 Å². The summed E-state index contributed by atoms with van der Waals surface area (Å²) in [6, 6.07) is 1.94. The van der Waals surface area contributed by atoms with Gasteiger partial charge in [0.1, 0.15) is 0 Å². The highest BCUT2D eigenvalue weighted by atomic mass is 35.5. The molecule has 2 N–H and O–H groups in total. The maximum atomic E-state index is 5.99. The van der Waals surface area contributed by atoms with Crippen molar-refractivity contribution in [1.29, 1.82) is 0 Å². The van der Waals surface area contributed by atoms with Crippen molar-refractivity contribution >= 4 is 22.9 Å². The van der Waals surface area contributed by atoms with Gasteiger partial charge in [-0.05, 0) is 18.4 Å². The van der Waals surface area contributed by atoms with E-state index >= 15 is 0 Å². The third-order valence-electron chi connectivity index (χ3n) is 1.68. The van der Waals surface area contributed by atoms with E-state index in [1.165, 1.54) is 11.3 Å². The minimum atomic E-state index is -0.480. The SMILES string of the molecule is COCC(C)(N)c1ccsc1Cl. The summed E-state index contributed by atoms with van der Waals surface area (Å²) in [5.41, 5.74) is 6.47. The predicted octanol–water partition coefficient (Wildman–Crippen LogP) is 2.22. The second-order valence-electron chi connectivity index (χ2n) is 2.96. The summed E-state index contributed by atoms with van der Waals surface area (Å²) in [6.45, 7) is 2.38. The maximum absolute atomic E-state index is 5.99. The maximum Gasteiger partial charge on any atom is 0.0979 e. The summed E-state index contributed by atoms with van der Waals surface area (Å²) < 4.78 is 5.75. The van der Waals surface area contributed by atoms with Crippen molar-refractivity contribution in [2.45, 2.75) is 12.5 Å². The average Bonchev–Trinajstić information content (AvgIpc) is 2.35. The molecule has 1 heterocycles. The molecule has 68 valence electrons. The molecule has 0 spiro atoms. The van der Waals surface area contributed by atoms with Crippen LogP contribution in [0.15, 0.2) is 11.4 Å². The zero-order valence-electron chi connectivity index (χ0n) is 7.13. The molecular formula is C8H12ClNOS. The van der Waals surface area contributed by atoms with Crippen molar-refractivity contribution in [2.24, 2.45) is 5.73 Å². The molecule has 0 bridgehead atoms. The second-order valence-corrected chi connectivity index (χ2v) is 4.48. The third-order valence-corrected chi connectivity index (χ3v) is 2.85. The van der Waals surface area contributed by atoms with Gasteiger partial charge in [-0.2, -0.15) is 0 Å². The summed E-state index contributed by atoms with van der Waals surface area (Å²) in [4.78, 5) is 0. The van der Waals surface area contributed by atoms with E-state index in [2.05, 4.69) is 0 Å². The van der Waals surface area contributed by atoms with Crippen LogP contribution in [-0.2, 0) is 10.3 Å². The molecule has 4 heteroatoms. The van der Waals surface area contributed by atoms with E-state index in [-0.39, 0.29) is 0 Å². The zero-order valence-corrected chi connectivity index (χ0v) is 8.71. The number of methoxy groups -OCH3 is 1. The lowest BCUT2D eigenvalue weighted by atomic mass is 9.97. The van der Waals surface area contributed by atoms with E-state index in [1.54, 1.807) is 7.11 Å². The topological polar surface area (TPSA) is 35.2 Å². The lowest BCUT2D eigenvalue weighted by molar-refractivity contribution is 0.141. The van der Waals surface area contributed by atoms with Crippen LogP contribution in [0.5, 0.6) is 0 Å². The molecule has 0 amide bonds. The van der Waals surface area contributed by atoms with E-state index in [9.17, 15) is 0 Å². The van der Waals surface area contributed by atoms with Crippen molar-refractivity contribution in [3.8, 4) is 0 Å². The molecule has 0 aromatic carbocycles. The Bertz CT molecular complexity index is 259. The van der Waals surface area contributed by atoms with Crippen LogP contribution in [0.25, 0.3) is 0 Å². The fraction of sp³-hybridized carbons (Fsp3) is 0.500. The smallest absolute Gasteiger partial charge is 0.0979 e. The van der Waals surface area contributed by atoms with Gasteiger partial charge in [-0.3, -0.25) is 0 Å². The van der Waals surface area contributed by atoms with Crippen LogP contribution in [0.2, 0.25) is 4.34 Å². The van der Waals surface area contributed by atoms with Gasteiger partial charge in [0.25, 0.3) is 0 Å². The first-order chi connectivity index (χ1) is 5.58. The largest absolute Gasteiger partial charge is 0.382 e. The third kappa shape index (κ3) is 1.98. The van der Waals surface area contributed by atoms with Crippen LogP contribution in [0.4, 0.5) is 0 Å². The lowest BCUT2D eigenvalue weighted by Gasteiger charge is -2.22. The lowest BCUT2D eigenvalue weighted by Crippen LogP contribution is -2.37. The Balaban J connectivity index is 2.88. The molecule has 1 rings (SSSR count). The Kier molecular flexibility index (Phi) is 3.12. The summed E-state index contributed by atoms with van der Waals surface area (Å²) in [5.74, 6) is 0. The average molecular weight is 206 g/mol. The normalized spacial score (nSPS) is 16.0. The molecule has 0 aliphatic heterocycles.